The van der Waals surface area contributed by atoms with Gasteiger partial charge >= 0.3 is 0 Å². The zero-order chi connectivity index (χ0) is 12.2. The molecule has 0 heterocycles. The zero-order valence-electron chi connectivity index (χ0n) is 10.0. The average Bonchev–Trinajstić information content (AvgIpc) is 2.25. The van der Waals surface area contributed by atoms with Gasteiger partial charge in [-0.05, 0) is 23.1 Å². The van der Waals surface area contributed by atoms with Crippen LogP contribution in [0.3, 0.4) is 0 Å². The highest BCUT2D eigenvalue weighted by Gasteiger charge is 2.13. The zero-order valence-corrected chi connectivity index (χ0v) is 10.8. The van der Waals surface area contributed by atoms with E-state index in [2.05, 4.69) is 26.1 Å². The van der Waals surface area contributed by atoms with Gasteiger partial charge in [-0.2, -0.15) is 0 Å². The van der Waals surface area contributed by atoms with Crippen LogP contribution >= 0.6 is 11.6 Å². The number of amides is 1. The number of carbonyl (C=O) groups excluding carboxylic acids is 1. The first-order valence-electron chi connectivity index (χ1n) is 5.40. The molecule has 0 atom stereocenters. The van der Waals surface area contributed by atoms with Crippen molar-refractivity contribution in [2.75, 3.05) is 12.4 Å². The van der Waals surface area contributed by atoms with E-state index in [-0.39, 0.29) is 11.3 Å². The van der Waals surface area contributed by atoms with E-state index < -0.39 is 0 Å². The van der Waals surface area contributed by atoms with Gasteiger partial charge in [-0.25, -0.2) is 0 Å². The number of alkyl halides is 1. The lowest BCUT2D eigenvalue weighted by molar-refractivity contribution is 0.0956. The van der Waals surface area contributed by atoms with Crippen LogP contribution in [-0.2, 0) is 5.41 Å². The quantitative estimate of drug-likeness (QED) is 0.808. The molecule has 1 N–H and O–H groups in total. The third kappa shape index (κ3) is 3.53. The van der Waals surface area contributed by atoms with Crippen molar-refractivity contribution in [3.8, 4) is 0 Å². The number of benzene rings is 1. The van der Waals surface area contributed by atoms with E-state index in [1.54, 1.807) is 0 Å². The van der Waals surface area contributed by atoms with E-state index in [1.807, 2.05) is 24.3 Å². The molecule has 0 fully saturated rings. The van der Waals surface area contributed by atoms with Gasteiger partial charge in [-0.15, -0.1) is 11.6 Å². The van der Waals surface area contributed by atoms with E-state index in [9.17, 15) is 4.79 Å². The maximum absolute atomic E-state index is 11.6. The molecule has 0 spiro atoms. The molecule has 1 rings (SSSR count). The molecule has 2 nitrogen and oxygen atoms in total. The predicted octanol–water partition coefficient (Wildman–Crippen LogP) is 2.95. The topological polar surface area (TPSA) is 29.1 Å². The van der Waals surface area contributed by atoms with Crippen molar-refractivity contribution < 1.29 is 4.79 Å². The number of halogens is 1. The average molecular weight is 240 g/mol. The van der Waals surface area contributed by atoms with Crippen molar-refractivity contribution in [2.45, 2.75) is 26.2 Å². The molecule has 88 valence electrons. The van der Waals surface area contributed by atoms with Crippen molar-refractivity contribution in [2.24, 2.45) is 0 Å². The molecule has 1 amide bonds. The molecule has 0 saturated heterocycles. The Bertz CT molecular complexity index is 351. The van der Waals surface area contributed by atoms with Gasteiger partial charge in [0.05, 0.1) is 0 Å². The maximum atomic E-state index is 11.6. The fourth-order valence-corrected chi connectivity index (χ4v) is 1.48. The summed E-state index contributed by atoms with van der Waals surface area (Å²) >= 11 is 5.50. The van der Waals surface area contributed by atoms with E-state index in [0.29, 0.717) is 18.0 Å². The SMILES string of the molecule is CC(C)(C)c1ccc(C(=O)NCCCl)cc1. The molecule has 0 unspecified atom stereocenters. The van der Waals surface area contributed by atoms with E-state index in [4.69, 9.17) is 11.6 Å². The van der Waals surface area contributed by atoms with Crippen molar-refractivity contribution in [1.82, 2.24) is 5.32 Å². The lowest BCUT2D eigenvalue weighted by Crippen LogP contribution is -2.25. The second-order valence-corrected chi connectivity index (χ2v) is 5.15. The minimum Gasteiger partial charge on any atom is -0.351 e. The third-order valence-electron chi connectivity index (χ3n) is 2.39. The lowest BCUT2D eigenvalue weighted by atomic mass is 9.87. The maximum Gasteiger partial charge on any atom is 0.251 e. The Hall–Kier alpha value is -1.02. The highest BCUT2D eigenvalue weighted by atomic mass is 35.5. The molecule has 0 aliphatic heterocycles. The summed E-state index contributed by atoms with van der Waals surface area (Å²) < 4.78 is 0. The summed E-state index contributed by atoms with van der Waals surface area (Å²) in [7, 11) is 0. The summed E-state index contributed by atoms with van der Waals surface area (Å²) in [6.07, 6.45) is 0. The summed E-state index contributed by atoms with van der Waals surface area (Å²) in [6, 6.07) is 7.69. The van der Waals surface area contributed by atoms with Crippen LogP contribution in [0.15, 0.2) is 24.3 Å². The molecule has 0 aliphatic rings. The van der Waals surface area contributed by atoms with Crippen LogP contribution in [0.4, 0.5) is 0 Å². The summed E-state index contributed by atoms with van der Waals surface area (Å²) in [5.74, 6) is 0.368. The highest BCUT2D eigenvalue weighted by molar-refractivity contribution is 6.18. The van der Waals surface area contributed by atoms with Crippen molar-refractivity contribution in [3.63, 3.8) is 0 Å². The number of hydrogen-bond donors (Lipinski definition) is 1. The fraction of sp³-hybridized carbons (Fsp3) is 0.462. The molecule has 0 saturated carbocycles. The Morgan fingerprint density at radius 2 is 1.81 bits per heavy atom. The largest absolute Gasteiger partial charge is 0.351 e. The summed E-state index contributed by atoms with van der Waals surface area (Å²) in [6.45, 7) is 6.95. The first-order valence-corrected chi connectivity index (χ1v) is 5.93. The second kappa shape index (κ2) is 5.35. The minimum absolute atomic E-state index is 0.0684. The number of carbonyl (C=O) groups is 1. The van der Waals surface area contributed by atoms with Gasteiger partial charge < -0.3 is 5.32 Å². The lowest BCUT2D eigenvalue weighted by Gasteiger charge is -2.19. The van der Waals surface area contributed by atoms with Crippen molar-refractivity contribution in [3.05, 3.63) is 35.4 Å². The van der Waals surface area contributed by atoms with Crippen LogP contribution in [0, 0.1) is 0 Å². The number of nitrogens with one attached hydrogen (secondary N) is 1. The fourth-order valence-electron chi connectivity index (χ4n) is 1.38. The van der Waals surface area contributed by atoms with Gasteiger partial charge in [0, 0.05) is 18.0 Å². The van der Waals surface area contributed by atoms with Crippen LogP contribution in [0.2, 0.25) is 0 Å². The molecule has 16 heavy (non-hydrogen) atoms. The Morgan fingerprint density at radius 1 is 1.25 bits per heavy atom. The van der Waals surface area contributed by atoms with Crippen molar-refractivity contribution in [1.29, 1.82) is 0 Å². The first kappa shape index (κ1) is 13.0. The van der Waals surface area contributed by atoms with Crippen LogP contribution in [0.25, 0.3) is 0 Å². The number of rotatable bonds is 3. The molecular weight excluding hydrogens is 222 g/mol. The molecule has 1 aromatic carbocycles. The Labute approximate surface area is 102 Å². The van der Waals surface area contributed by atoms with E-state index in [1.165, 1.54) is 5.56 Å². The monoisotopic (exact) mass is 239 g/mol. The van der Waals surface area contributed by atoms with Crippen LogP contribution in [0.5, 0.6) is 0 Å². The van der Waals surface area contributed by atoms with Gasteiger partial charge in [0.25, 0.3) is 5.91 Å². The van der Waals surface area contributed by atoms with Gasteiger partial charge in [0.2, 0.25) is 0 Å². The van der Waals surface area contributed by atoms with E-state index in [0.717, 1.165) is 0 Å². The van der Waals surface area contributed by atoms with Crippen LogP contribution < -0.4 is 5.32 Å². The van der Waals surface area contributed by atoms with Gasteiger partial charge in [-0.1, -0.05) is 32.9 Å². The molecule has 3 heteroatoms. The Morgan fingerprint density at radius 3 is 2.25 bits per heavy atom. The highest BCUT2D eigenvalue weighted by Crippen LogP contribution is 2.22. The Balaban J connectivity index is 2.75. The standard InChI is InChI=1S/C13H18ClNO/c1-13(2,3)11-6-4-10(5-7-11)12(16)15-9-8-14/h4-7H,8-9H2,1-3H3,(H,15,16). The molecule has 1 aromatic rings. The van der Waals surface area contributed by atoms with E-state index >= 15 is 0 Å². The van der Waals surface area contributed by atoms with Gasteiger partial charge in [0.1, 0.15) is 0 Å². The molecule has 0 aliphatic carbocycles. The molecule has 0 bridgehead atoms. The number of hydrogen-bond acceptors (Lipinski definition) is 1. The van der Waals surface area contributed by atoms with Gasteiger partial charge in [-0.3, -0.25) is 4.79 Å². The van der Waals surface area contributed by atoms with Crippen LogP contribution in [-0.4, -0.2) is 18.3 Å². The summed E-state index contributed by atoms with van der Waals surface area (Å²) in [5, 5.41) is 2.74. The Kier molecular flexibility index (Phi) is 4.36. The normalized spacial score (nSPS) is 11.2. The smallest absolute Gasteiger partial charge is 0.251 e. The molecule has 0 radical (unpaired) electrons. The predicted molar refractivity (Wildman–Crippen MR) is 68.2 cm³/mol. The second-order valence-electron chi connectivity index (χ2n) is 4.77. The third-order valence-corrected chi connectivity index (χ3v) is 2.58. The molecular formula is C13H18ClNO. The van der Waals surface area contributed by atoms with Crippen molar-refractivity contribution >= 4 is 17.5 Å². The summed E-state index contributed by atoms with van der Waals surface area (Å²) in [4.78, 5) is 11.6. The first-order chi connectivity index (χ1) is 7.45. The minimum atomic E-state index is -0.0684. The van der Waals surface area contributed by atoms with Crippen LogP contribution in [0.1, 0.15) is 36.7 Å². The van der Waals surface area contributed by atoms with Gasteiger partial charge in [0.15, 0.2) is 0 Å². The molecule has 0 aromatic heterocycles. The summed E-state index contributed by atoms with van der Waals surface area (Å²) in [5.41, 5.74) is 2.02.